The maximum absolute atomic E-state index is 14.6. The van der Waals surface area contributed by atoms with Crippen LogP contribution in [0.15, 0.2) is 95.9 Å². The Labute approximate surface area is 292 Å². The van der Waals surface area contributed by atoms with Crippen LogP contribution < -0.4 is 19.1 Å². The first-order valence-corrected chi connectivity index (χ1v) is 17.4. The van der Waals surface area contributed by atoms with Crippen molar-refractivity contribution in [2.45, 2.75) is 50.7 Å². The molecular weight excluding hydrogens is 673 g/mol. The number of rotatable bonds is 14. The maximum atomic E-state index is 14.6. The summed E-state index contributed by atoms with van der Waals surface area (Å²) in [6.45, 7) is 4.82. The number of nitrogens with one attached hydrogen (secondary N) is 1. The number of aryl methyl sites for hydroxylation is 1. The summed E-state index contributed by atoms with van der Waals surface area (Å²) >= 11 is 12.7. The number of methoxy groups -OCH3 is 2. The van der Waals surface area contributed by atoms with Crippen molar-refractivity contribution in [3.8, 4) is 11.5 Å². The molecule has 4 aromatic rings. The largest absolute Gasteiger partial charge is 0.493 e. The summed E-state index contributed by atoms with van der Waals surface area (Å²) in [5.74, 6) is -0.455. The number of carbonyl (C=O) groups excluding carboxylic acids is 2. The van der Waals surface area contributed by atoms with E-state index in [2.05, 4.69) is 5.32 Å². The molecule has 0 spiro atoms. The van der Waals surface area contributed by atoms with Gasteiger partial charge in [0.25, 0.3) is 10.0 Å². The fourth-order valence-electron chi connectivity index (χ4n) is 5.11. The fourth-order valence-corrected chi connectivity index (χ4v) is 7.01. The zero-order chi connectivity index (χ0) is 35.0. The first-order chi connectivity index (χ1) is 22.8. The SMILES string of the molecule is COc1ccc(S(=O)(=O)N(CC(=O)N(Cc2ccc(Cl)cc2Cl)[C@H](Cc2ccccc2)C(=O)NC(C)C)c2ccc(C)cc2)cc1OC. The van der Waals surface area contributed by atoms with Gasteiger partial charge >= 0.3 is 0 Å². The van der Waals surface area contributed by atoms with Crippen molar-refractivity contribution in [2.75, 3.05) is 25.1 Å². The molecule has 254 valence electrons. The number of ether oxygens (including phenoxy) is 2. The van der Waals surface area contributed by atoms with Gasteiger partial charge in [-0.15, -0.1) is 0 Å². The number of sulfonamides is 1. The van der Waals surface area contributed by atoms with E-state index in [1.54, 1.807) is 42.5 Å². The average molecular weight is 713 g/mol. The molecule has 0 aliphatic carbocycles. The second kappa shape index (κ2) is 16.2. The van der Waals surface area contributed by atoms with Crippen LogP contribution in [0.5, 0.6) is 11.5 Å². The summed E-state index contributed by atoms with van der Waals surface area (Å²) in [4.78, 5) is 29.8. The molecule has 0 fully saturated rings. The second-order valence-corrected chi connectivity index (χ2v) is 14.2. The summed E-state index contributed by atoms with van der Waals surface area (Å²) in [7, 11) is -1.50. The molecule has 2 amide bonds. The van der Waals surface area contributed by atoms with Gasteiger partial charge in [-0.05, 0) is 68.3 Å². The minimum Gasteiger partial charge on any atom is -0.493 e. The predicted octanol–water partition coefficient (Wildman–Crippen LogP) is 6.68. The van der Waals surface area contributed by atoms with Crippen LogP contribution in [-0.2, 0) is 32.6 Å². The summed E-state index contributed by atoms with van der Waals surface area (Å²) in [6, 6.07) is 24.0. The summed E-state index contributed by atoms with van der Waals surface area (Å²) in [5.41, 5.74) is 2.52. The van der Waals surface area contributed by atoms with Crippen molar-refractivity contribution in [3.63, 3.8) is 0 Å². The average Bonchev–Trinajstić information content (AvgIpc) is 3.06. The van der Waals surface area contributed by atoms with Gasteiger partial charge < -0.3 is 19.7 Å². The molecule has 1 N–H and O–H groups in total. The normalized spacial score (nSPS) is 11.9. The third-order valence-corrected chi connectivity index (χ3v) is 9.96. The van der Waals surface area contributed by atoms with Crippen LogP contribution in [0, 0.1) is 6.92 Å². The highest BCUT2D eigenvalue weighted by Crippen LogP contribution is 2.33. The third-order valence-electron chi connectivity index (χ3n) is 7.60. The molecule has 0 heterocycles. The maximum Gasteiger partial charge on any atom is 0.264 e. The minimum atomic E-state index is -4.36. The van der Waals surface area contributed by atoms with Crippen LogP contribution in [0.3, 0.4) is 0 Å². The number of anilines is 1. The van der Waals surface area contributed by atoms with E-state index < -0.39 is 34.4 Å². The molecule has 0 aliphatic rings. The first kappa shape index (κ1) is 36.6. The van der Waals surface area contributed by atoms with E-state index in [0.29, 0.717) is 21.4 Å². The number of hydrogen-bond acceptors (Lipinski definition) is 6. The third kappa shape index (κ3) is 9.00. The van der Waals surface area contributed by atoms with Crippen molar-refractivity contribution < 1.29 is 27.5 Å². The van der Waals surface area contributed by atoms with Gasteiger partial charge in [-0.25, -0.2) is 8.42 Å². The van der Waals surface area contributed by atoms with E-state index in [0.717, 1.165) is 15.4 Å². The Balaban J connectivity index is 1.84. The van der Waals surface area contributed by atoms with Gasteiger partial charge in [-0.2, -0.15) is 0 Å². The molecule has 0 saturated carbocycles. The summed E-state index contributed by atoms with van der Waals surface area (Å²) in [5, 5.41) is 3.65. The number of nitrogens with zero attached hydrogens (tertiary/aromatic N) is 2. The zero-order valence-electron chi connectivity index (χ0n) is 27.4. The lowest BCUT2D eigenvalue weighted by atomic mass is 10.0. The van der Waals surface area contributed by atoms with E-state index in [1.807, 2.05) is 51.1 Å². The van der Waals surface area contributed by atoms with Gasteiger partial charge in [0, 0.05) is 35.1 Å². The Morgan fingerprint density at radius 2 is 1.52 bits per heavy atom. The minimum absolute atomic E-state index is 0.0873. The van der Waals surface area contributed by atoms with E-state index in [1.165, 1.54) is 37.3 Å². The number of benzene rings is 4. The molecule has 0 bridgehead atoms. The van der Waals surface area contributed by atoms with Gasteiger partial charge in [0.05, 0.1) is 24.8 Å². The Hall–Kier alpha value is -4.25. The molecule has 4 aromatic carbocycles. The fraction of sp³-hybridized carbons (Fsp3) is 0.278. The predicted molar refractivity (Wildman–Crippen MR) is 189 cm³/mol. The van der Waals surface area contributed by atoms with Gasteiger partial charge in [0.1, 0.15) is 12.6 Å². The smallest absolute Gasteiger partial charge is 0.264 e. The molecule has 9 nitrogen and oxygen atoms in total. The Bertz CT molecular complexity index is 1840. The first-order valence-electron chi connectivity index (χ1n) is 15.2. The van der Waals surface area contributed by atoms with Crippen molar-refractivity contribution >= 4 is 50.7 Å². The van der Waals surface area contributed by atoms with E-state index in [9.17, 15) is 18.0 Å². The lowest BCUT2D eigenvalue weighted by Crippen LogP contribution is -2.54. The topological polar surface area (TPSA) is 105 Å². The van der Waals surface area contributed by atoms with Crippen LogP contribution >= 0.6 is 23.2 Å². The molecule has 12 heteroatoms. The quantitative estimate of drug-likeness (QED) is 0.157. The lowest BCUT2D eigenvalue weighted by Gasteiger charge is -2.34. The molecule has 0 saturated heterocycles. The van der Waals surface area contributed by atoms with Gasteiger partial charge in [0.2, 0.25) is 11.8 Å². The van der Waals surface area contributed by atoms with Crippen molar-refractivity contribution in [1.82, 2.24) is 10.2 Å². The molecule has 48 heavy (non-hydrogen) atoms. The van der Waals surface area contributed by atoms with E-state index in [4.69, 9.17) is 32.7 Å². The van der Waals surface area contributed by atoms with Crippen LogP contribution in [0.1, 0.15) is 30.5 Å². The van der Waals surface area contributed by atoms with Crippen LogP contribution in [0.25, 0.3) is 0 Å². The summed E-state index contributed by atoms with van der Waals surface area (Å²) in [6.07, 6.45) is 0.170. The second-order valence-electron chi connectivity index (χ2n) is 11.5. The molecule has 0 aromatic heterocycles. The highest BCUT2D eigenvalue weighted by atomic mass is 35.5. The molecule has 1 atom stereocenters. The molecule has 4 rings (SSSR count). The van der Waals surface area contributed by atoms with Crippen LogP contribution in [0.4, 0.5) is 5.69 Å². The highest BCUT2D eigenvalue weighted by Gasteiger charge is 2.35. The van der Waals surface area contributed by atoms with Crippen molar-refractivity contribution in [2.24, 2.45) is 0 Å². The number of amides is 2. The van der Waals surface area contributed by atoms with E-state index >= 15 is 0 Å². The zero-order valence-corrected chi connectivity index (χ0v) is 29.8. The lowest BCUT2D eigenvalue weighted by molar-refractivity contribution is -0.140. The summed E-state index contributed by atoms with van der Waals surface area (Å²) < 4.78 is 40.5. The monoisotopic (exact) mass is 711 g/mol. The van der Waals surface area contributed by atoms with Gasteiger partial charge in [-0.3, -0.25) is 13.9 Å². The Morgan fingerprint density at radius 1 is 0.854 bits per heavy atom. The van der Waals surface area contributed by atoms with Crippen LogP contribution in [0.2, 0.25) is 10.0 Å². The Morgan fingerprint density at radius 3 is 2.12 bits per heavy atom. The van der Waals surface area contributed by atoms with E-state index in [-0.39, 0.29) is 35.3 Å². The van der Waals surface area contributed by atoms with Crippen molar-refractivity contribution in [1.29, 1.82) is 0 Å². The van der Waals surface area contributed by atoms with Crippen LogP contribution in [-0.4, -0.2) is 58.0 Å². The highest BCUT2D eigenvalue weighted by molar-refractivity contribution is 7.92. The standard InChI is InChI=1S/C36H39Cl2N3O6S/c1-24(2)39-36(43)32(19-26-9-7-6-8-10-26)40(22-27-13-14-28(37)20-31(27)38)35(42)23-41(29-15-11-25(3)12-16-29)48(44,45)30-17-18-33(46-4)34(21-30)47-5/h6-18,20-21,24,32H,19,22-23H2,1-5H3,(H,39,43)/t32-/m1/s1. The number of hydrogen-bond donors (Lipinski definition) is 1. The molecular formula is C36H39Cl2N3O6S. The van der Waals surface area contributed by atoms with Crippen molar-refractivity contribution in [3.05, 3.63) is 118 Å². The molecule has 0 unspecified atom stereocenters. The molecule has 0 aliphatic heterocycles. The number of halogens is 2. The van der Waals surface area contributed by atoms with Gasteiger partial charge in [0.15, 0.2) is 11.5 Å². The van der Waals surface area contributed by atoms with Gasteiger partial charge in [-0.1, -0.05) is 77.3 Å². The number of carbonyl (C=O) groups is 2. The molecule has 0 radical (unpaired) electrons. The Kier molecular flexibility index (Phi) is 12.4.